The van der Waals surface area contributed by atoms with Crippen LogP contribution in [0.25, 0.3) is 22.0 Å². The van der Waals surface area contributed by atoms with Crippen LogP contribution in [0.5, 0.6) is 0 Å². The van der Waals surface area contributed by atoms with Crippen LogP contribution in [0.15, 0.2) is 60.8 Å². The van der Waals surface area contributed by atoms with Crippen LogP contribution in [0, 0.1) is 0 Å². The summed E-state index contributed by atoms with van der Waals surface area (Å²) in [4.78, 5) is 16.9. The largest absolute Gasteiger partial charge is 0.435 e. The number of fused-ring (bicyclic) bond motifs is 1. The van der Waals surface area contributed by atoms with E-state index in [2.05, 4.69) is 15.4 Å². The Hall–Kier alpha value is -3.39. The van der Waals surface area contributed by atoms with Crippen LogP contribution in [-0.2, 0) is 13.2 Å². The fourth-order valence-corrected chi connectivity index (χ4v) is 3.19. The Morgan fingerprint density at radius 3 is 2.57 bits per heavy atom. The molecule has 9 heteroatoms. The van der Waals surface area contributed by atoms with Gasteiger partial charge < -0.3 is 5.32 Å². The molecule has 4 aromatic rings. The van der Waals surface area contributed by atoms with E-state index >= 15 is 0 Å². The highest BCUT2D eigenvalue weighted by molar-refractivity contribution is 6.30. The average molecular weight is 431 g/mol. The molecule has 5 nitrogen and oxygen atoms in total. The monoisotopic (exact) mass is 430 g/mol. The zero-order valence-electron chi connectivity index (χ0n) is 15.5. The molecule has 0 aliphatic carbocycles. The highest BCUT2D eigenvalue weighted by atomic mass is 35.5. The first-order chi connectivity index (χ1) is 14.2. The first-order valence-corrected chi connectivity index (χ1v) is 9.17. The highest BCUT2D eigenvalue weighted by Crippen LogP contribution is 2.30. The average Bonchev–Trinajstić information content (AvgIpc) is 3.08. The first-order valence-electron chi connectivity index (χ1n) is 8.79. The van der Waals surface area contributed by atoms with E-state index < -0.39 is 17.8 Å². The van der Waals surface area contributed by atoms with Crippen LogP contribution in [0.3, 0.4) is 0 Å². The summed E-state index contributed by atoms with van der Waals surface area (Å²) >= 11 is 6.04. The molecule has 30 heavy (non-hydrogen) atoms. The van der Waals surface area contributed by atoms with E-state index in [9.17, 15) is 18.0 Å². The normalized spacial score (nSPS) is 11.6. The summed E-state index contributed by atoms with van der Waals surface area (Å²) in [6.45, 7) is 0. The summed E-state index contributed by atoms with van der Waals surface area (Å²) in [5.74, 6) is -0.619. The lowest BCUT2D eigenvalue weighted by atomic mass is 10.0. The van der Waals surface area contributed by atoms with Crippen molar-refractivity contribution in [2.75, 3.05) is 5.32 Å². The van der Waals surface area contributed by atoms with E-state index in [0.717, 1.165) is 27.3 Å². The molecule has 1 amide bonds. The molecule has 0 aliphatic heterocycles. The third-order valence-corrected chi connectivity index (χ3v) is 4.75. The number of aryl methyl sites for hydroxylation is 1. The van der Waals surface area contributed by atoms with E-state index in [0.29, 0.717) is 10.5 Å². The quantitative estimate of drug-likeness (QED) is 0.463. The highest BCUT2D eigenvalue weighted by Gasteiger charge is 2.34. The molecule has 0 unspecified atom stereocenters. The molecule has 0 atom stereocenters. The van der Waals surface area contributed by atoms with Crippen molar-refractivity contribution in [1.29, 1.82) is 0 Å². The molecule has 0 spiro atoms. The lowest BCUT2D eigenvalue weighted by Crippen LogP contribution is -2.14. The number of pyridine rings is 1. The smallest absolute Gasteiger partial charge is 0.307 e. The molecular formula is C21H14ClF3N4O. The van der Waals surface area contributed by atoms with Crippen molar-refractivity contribution in [2.24, 2.45) is 7.05 Å². The number of amides is 1. The van der Waals surface area contributed by atoms with Gasteiger partial charge in [-0.15, -0.1) is 0 Å². The minimum atomic E-state index is -4.59. The number of anilines is 1. The zero-order chi connectivity index (χ0) is 21.5. The summed E-state index contributed by atoms with van der Waals surface area (Å²) in [5, 5.41) is 7.25. The van der Waals surface area contributed by atoms with Crippen LogP contribution < -0.4 is 5.32 Å². The van der Waals surface area contributed by atoms with Gasteiger partial charge >= 0.3 is 6.18 Å². The number of aromatic nitrogens is 3. The van der Waals surface area contributed by atoms with Gasteiger partial charge in [-0.2, -0.15) is 18.3 Å². The predicted molar refractivity (Wildman–Crippen MR) is 108 cm³/mol. The van der Waals surface area contributed by atoms with Crippen LogP contribution in [0.2, 0.25) is 5.02 Å². The molecule has 0 saturated carbocycles. The van der Waals surface area contributed by atoms with Crippen molar-refractivity contribution in [3.8, 4) is 11.1 Å². The SMILES string of the molecule is Cn1nc(C(F)(F)F)cc1NC(=O)c1ccc2cc(-c3cccc(Cl)c3)cnc2c1. The lowest BCUT2D eigenvalue weighted by Gasteiger charge is -2.07. The molecule has 152 valence electrons. The summed E-state index contributed by atoms with van der Waals surface area (Å²) in [6, 6.07) is 15.0. The Labute approximate surface area is 174 Å². The maximum atomic E-state index is 12.8. The van der Waals surface area contributed by atoms with Crippen molar-refractivity contribution in [3.63, 3.8) is 0 Å². The molecule has 0 bridgehead atoms. The van der Waals surface area contributed by atoms with Crippen molar-refractivity contribution in [3.05, 3.63) is 77.1 Å². The third kappa shape index (κ3) is 3.99. The van der Waals surface area contributed by atoms with Gasteiger partial charge in [-0.25, -0.2) is 0 Å². The topological polar surface area (TPSA) is 59.8 Å². The molecule has 0 fully saturated rings. The molecule has 1 N–H and O–H groups in total. The number of carbonyl (C=O) groups excluding carboxylic acids is 1. The van der Waals surface area contributed by atoms with E-state index in [4.69, 9.17) is 11.6 Å². The van der Waals surface area contributed by atoms with E-state index in [-0.39, 0.29) is 11.4 Å². The number of hydrogen-bond donors (Lipinski definition) is 1. The summed E-state index contributed by atoms with van der Waals surface area (Å²) in [6.07, 6.45) is -2.92. The second-order valence-corrected chi connectivity index (χ2v) is 7.07. The second-order valence-electron chi connectivity index (χ2n) is 6.63. The Kier molecular flexibility index (Phi) is 4.95. The van der Waals surface area contributed by atoms with Crippen molar-refractivity contribution in [2.45, 2.75) is 6.18 Å². The van der Waals surface area contributed by atoms with Crippen molar-refractivity contribution >= 4 is 34.2 Å². The van der Waals surface area contributed by atoms with Gasteiger partial charge in [0.25, 0.3) is 5.91 Å². The molecule has 2 aromatic carbocycles. The van der Waals surface area contributed by atoms with Gasteiger partial charge in [-0.05, 0) is 35.9 Å². The number of benzene rings is 2. The van der Waals surface area contributed by atoms with Crippen LogP contribution in [0.1, 0.15) is 16.1 Å². The van der Waals surface area contributed by atoms with Crippen LogP contribution in [-0.4, -0.2) is 20.7 Å². The summed E-state index contributed by atoms with van der Waals surface area (Å²) in [5.41, 5.74) is 1.55. The van der Waals surface area contributed by atoms with Crippen LogP contribution in [0.4, 0.5) is 19.0 Å². The minimum Gasteiger partial charge on any atom is -0.307 e. The first kappa shape index (κ1) is 19.9. The molecule has 0 aliphatic rings. The number of carbonyl (C=O) groups is 1. The number of rotatable bonds is 3. The van der Waals surface area contributed by atoms with Gasteiger partial charge in [-0.1, -0.05) is 29.8 Å². The number of nitrogens with one attached hydrogen (secondary N) is 1. The molecular weight excluding hydrogens is 417 g/mol. The van der Waals surface area contributed by atoms with E-state index in [1.807, 2.05) is 24.3 Å². The Balaban J connectivity index is 1.60. The molecule has 2 heterocycles. The number of hydrogen-bond acceptors (Lipinski definition) is 3. The Morgan fingerprint density at radius 1 is 1.07 bits per heavy atom. The number of nitrogens with zero attached hydrogens (tertiary/aromatic N) is 3. The fraction of sp³-hybridized carbons (Fsp3) is 0.0952. The number of alkyl halides is 3. The van der Waals surface area contributed by atoms with Gasteiger partial charge in [0.05, 0.1) is 5.52 Å². The lowest BCUT2D eigenvalue weighted by molar-refractivity contribution is -0.141. The molecule has 0 radical (unpaired) electrons. The molecule has 4 rings (SSSR count). The molecule has 0 saturated heterocycles. The van der Waals surface area contributed by atoms with E-state index in [1.165, 1.54) is 7.05 Å². The van der Waals surface area contributed by atoms with Gasteiger partial charge in [0.1, 0.15) is 5.82 Å². The minimum absolute atomic E-state index is 0.0586. The summed E-state index contributed by atoms with van der Waals surface area (Å²) in [7, 11) is 1.32. The fourth-order valence-electron chi connectivity index (χ4n) is 3.00. The van der Waals surface area contributed by atoms with Crippen molar-refractivity contribution < 1.29 is 18.0 Å². The second kappa shape index (κ2) is 7.46. The number of halogens is 4. The Morgan fingerprint density at radius 2 is 1.87 bits per heavy atom. The van der Waals surface area contributed by atoms with Crippen LogP contribution >= 0.6 is 11.6 Å². The van der Waals surface area contributed by atoms with Gasteiger partial charge in [0.15, 0.2) is 5.69 Å². The summed E-state index contributed by atoms with van der Waals surface area (Å²) < 4.78 is 39.3. The predicted octanol–water partition coefficient (Wildman–Crippen LogP) is 5.56. The van der Waals surface area contributed by atoms with Gasteiger partial charge in [0, 0.05) is 40.8 Å². The van der Waals surface area contributed by atoms with Gasteiger partial charge in [-0.3, -0.25) is 14.5 Å². The standard InChI is InChI=1S/C21H14ClF3N4O/c1-29-19(10-18(28-29)21(23,24)25)27-20(30)14-6-5-13-7-15(11-26-17(13)9-14)12-3-2-4-16(22)8-12/h2-11H,1H3,(H,27,30). The van der Waals surface area contributed by atoms with Crippen molar-refractivity contribution in [1.82, 2.24) is 14.8 Å². The maximum Gasteiger partial charge on any atom is 0.435 e. The zero-order valence-corrected chi connectivity index (χ0v) is 16.3. The Bertz CT molecular complexity index is 1270. The molecule has 2 aromatic heterocycles. The third-order valence-electron chi connectivity index (χ3n) is 4.52. The van der Waals surface area contributed by atoms with E-state index in [1.54, 1.807) is 30.5 Å². The maximum absolute atomic E-state index is 12.8. The van der Waals surface area contributed by atoms with Gasteiger partial charge in [0.2, 0.25) is 0 Å².